The predicted molar refractivity (Wildman–Crippen MR) is 114 cm³/mol. The van der Waals surface area contributed by atoms with Crippen molar-refractivity contribution in [1.29, 1.82) is 0 Å². The highest BCUT2D eigenvalue weighted by Crippen LogP contribution is 2.40. The predicted octanol–water partition coefficient (Wildman–Crippen LogP) is 4.48. The first-order valence-electron chi connectivity index (χ1n) is 9.96. The minimum atomic E-state index is -0.370. The molecule has 1 unspecified atom stereocenters. The molecule has 0 saturated heterocycles. The normalized spacial score (nSPS) is 17.5. The summed E-state index contributed by atoms with van der Waals surface area (Å²) in [6, 6.07) is 11.1. The van der Waals surface area contributed by atoms with Gasteiger partial charge in [-0.25, -0.2) is 0 Å². The minimum Gasteiger partial charge on any atom is -0.486 e. The number of halogens is 1. The van der Waals surface area contributed by atoms with Gasteiger partial charge in [0, 0.05) is 22.7 Å². The molecule has 0 radical (unpaired) electrons. The molecule has 5 rings (SSSR count). The van der Waals surface area contributed by atoms with Gasteiger partial charge in [0.1, 0.15) is 19.4 Å². The summed E-state index contributed by atoms with van der Waals surface area (Å²) < 4.78 is 11.4. The second kappa shape index (κ2) is 7.57. The Morgan fingerprint density at radius 2 is 2.00 bits per heavy atom. The standard InChI is InChI=1S/C22H21ClN4O3/c1-2-7-27-21(25-17-11-14(23)4-5-15(17)22(27)28)16-12-24-26-20(16)13-3-6-18-19(10-13)30-9-8-29-18/h3-6,10-12,21,25H,2,7-9H2,1H3,(H,24,26). The van der Waals surface area contributed by atoms with E-state index < -0.39 is 0 Å². The fraction of sp³-hybridized carbons (Fsp3) is 0.273. The molecule has 0 bridgehead atoms. The number of aromatic nitrogens is 2. The van der Waals surface area contributed by atoms with Gasteiger partial charge in [-0.2, -0.15) is 5.10 Å². The summed E-state index contributed by atoms with van der Waals surface area (Å²) in [5.74, 6) is 1.41. The van der Waals surface area contributed by atoms with Gasteiger partial charge in [0.2, 0.25) is 0 Å². The first-order valence-corrected chi connectivity index (χ1v) is 10.3. The van der Waals surface area contributed by atoms with Gasteiger partial charge in [-0.05, 0) is 42.8 Å². The Morgan fingerprint density at radius 3 is 2.83 bits per heavy atom. The molecule has 2 aliphatic heterocycles. The van der Waals surface area contributed by atoms with Crippen LogP contribution in [0.2, 0.25) is 5.02 Å². The molecule has 1 amide bonds. The summed E-state index contributed by atoms with van der Waals surface area (Å²) in [4.78, 5) is 15.1. The Balaban J connectivity index is 1.57. The molecule has 154 valence electrons. The number of aromatic amines is 1. The van der Waals surface area contributed by atoms with Crippen LogP contribution in [0, 0.1) is 0 Å². The van der Waals surface area contributed by atoms with E-state index in [0.29, 0.717) is 36.1 Å². The van der Waals surface area contributed by atoms with E-state index in [2.05, 4.69) is 22.4 Å². The Labute approximate surface area is 178 Å². The fourth-order valence-corrected chi connectivity index (χ4v) is 4.14. The zero-order chi connectivity index (χ0) is 20.7. The van der Waals surface area contributed by atoms with Crippen LogP contribution in [0.3, 0.4) is 0 Å². The SMILES string of the molecule is CCCN1C(=O)c2ccc(Cl)cc2NC1c1cn[nH]c1-c1ccc2c(c1)OCCO2. The van der Waals surface area contributed by atoms with E-state index in [1.54, 1.807) is 24.4 Å². The first kappa shape index (κ1) is 18.8. The molecule has 7 nitrogen and oxygen atoms in total. The average molecular weight is 425 g/mol. The lowest BCUT2D eigenvalue weighted by Gasteiger charge is -2.38. The Hall–Kier alpha value is -3.19. The van der Waals surface area contributed by atoms with Gasteiger partial charge in [-0.1, -0.05) is 18.5 Å². The molecule has 2 aromatic carbocycles. The number of carbonyl (C=O) groups is 1. The Morgan fingerprint density at radius 1 is 1.17 bits per heavy atom. The van der Waals surface area contributed by atoms with E-state index in [9.17, 15) is 4.79 Å². The van der Waals surface area contributed by atoms with Gasteiger partial charge in [0.05, 0.1) is 23.1 Å². The number of carbonyl (C=O) groups excluding carboxylic acids is 1. The van der Waals surface area contributed by atoms with Gasteiger partial charge < -0.3 is 19.7 Å². The van der Waals surface area contributed by atoms with Crippen molar-refractivity contribution in [1.82, 2.24) is 15.1 Å². The lowest BCUT2D eigenvalue weighted by atomic mass is 10.0. The van der Waals surface area contributed by atoms with Crippen LogP contribution < -0.4 is 14.8 Å². The number of amides is 1. The van der Waals surface area contributed by atoms with Crippen LogP contribution >= 0.6 is 11.6 Å². The number of H-pyrrole nitrogens is 1. The lowest BCUT2D eigenvalue weighted by Crippen LogP contribution is -2.43. The molecule has 8 heteroatoms. The van der Waals surface area contributed by atoms with Gasteiger partial charge in [0.15, 0.2) is 11.5 Å². The van der Waals surface area contributed by atoms with Crippen molar-refractivity contribution < 1.29 is 14.3 Å². The minimum absolute atomic E-state index is 0.0263. The van der Waals surface area contributed by atoms with Crippen LogP contribution in [0.1, 0.15) is 35.4 Å². The number of hydrogen-bond donors (Lipinski definition) is 2. The highest BCUT2D eigenvalue weighted by molar-refractivity contribution is 6.31. The van der Waals surface area contributed by atoms with Gasteiger partial charge in [-0.15, -0.1) is 0 Å². The molecule has 1 atom stereocenters. The summed E-state index contributed by atoms with van der Waals surface area (Å²) in [5.41, 5.74) is 3.95. The van der Waals surface area contributed by atoms with E-state index in [0.717, 1.165) is 34.7 Å². The summed E-state index contributed by atoms with van der Waals surface area (Å²) in [6.07, 6.45) is 2.23. The molecule has 0 fully saturated rings. The van der Waals surface area contributed by atoms with Crippen molar-refractivity contribution in [3.8, 4) is 22.8 Å². The Kier molecular flexibility index (Phi) is 4.75. The maximum Gasteiger partial charge on any atom is 0.257 e. The quantitative estimate of drug-likeness (QED) is 0.645. The smallest absolute Gasteiger partial charge is 0.257 e. The van der Waals surface area contributed by atoms with Crippen molar-refractivity contribution in [2.45, 2.75) is 19.5 Å². The molecular formula is C22H21ClN4O3. The van der Waals surface area contributed by atoms with Crippen LogP contribution in [0.15, 0.2) is 42.6 Å². The highest BCUT2D eigenvalue weighted by atomic mass is 35.5. The largest absolute Gasteiger partial charge is 0.486 e. The molecule has 1 aromatic heterocycles. The molecule has 2 aliphatic rings. The van der Waals surface area contributed by atoms with Crippen LogP contribution in [-0.4, -0.2) is 40.8 Å². The van der Waals surface area contributed by atoms with Crippen molar-refractivity contribution >= 4 is 23.2 Å². The van der Waals surface area contributed by atoms with E-state index in [1.807, 2.05) is 23.1 Å². The lowest BCUT2D eigenvalue weighted by molar-refractivity contribution is 0.0684. The average Bonchev–Trinajstić information content (AvgIpc) is 3.25. The number of fused-ring (bicyclic) bond motifs is 2. The van der Waals surface area contributed by atoms with Crippen LogP contribution in [0.5, 0.6) is 11.5 Å². The number of nitrogens with zero attached hydrogens (tertiary/aromatic N) is 2. The molecule has 3 aromatic rings. The van der Waals surface area contributed by atoms with Crippen molar-refractivity contribution in [3.63, 3.8) is 0 Å². The summed E-state index contributed by atoms with van der Waals surface area (Å²) in [7, 11) is 0. The third-order valence-corrected chi connectivity index (χ3v) is 5.57. The topological polar surface area (TPSA) is 79.5 Å². The van der Waals surface area contributed by atoms with Crippen molar-refractivity contribution in [3.05, 3.63) is 58.7 Å². The maximum atomic E-state index is 13.2. The molecule has 2 N–H and O–H groups in total. The second-order valence-corrected chi connectivity index (χ2v) is 7.73. The van der Waals surface area contributed by atoms with Gasteiger partial charge in [0.25, 0.3) is 5.91 Å². The van der Waals surface area contributed by atoms with Crippen LogP contribution in [0.25, 0.3) is 11.3 Å². The molecule has 0 spiro atoms. The Bertz CT molecular complexity index is 1110. The zero-order valence-corrected chi connectivity index (χ0v) is 17.2. The first-order chi connectivity index (χ1) is 14.7. The third-order valence-electron chi connectivity index (χ3n) is 5.34. The highest BCUT2D eigenvalue weighted by Gasteiger charge is 2.34. The number of ether oxygens (including phenoxy) is 2. The number of benzene rings is 2. The van der Waals surface area contributed by atoms with Gasteiger partial charge >= 0.3 is 0 Å². The van der Waals surface area contributed by atoms with Crippen molar-refractivity contribution in [2.24, 2.45) is 0 Å². The maximum absolute atomic E-state index is 13.2. The molecule has 3 heterocycles. The van der Waals surface area contributed by atoms with E-state index in [1.165, 1.54) is 0 Å². The zero-order valence-electron chi connectivity index (χ0n) is 16.4. The van der Waals surface area contributed by atoms with Gasteiger partial charge in [-0.3, -0.25) is 9.89 Å². The summed E-state index contributed by atoms with van der Waals surface area (Å²) in [5, 5.41) is 11.4. The number of anilines is 1. The molecule has 0 aliphatic carbocycles. The molecular weight excluding hydrogens is 404 g/mol. The van der Waals surface area contributed by atoms with E-state index in [4.69, 9.17) is 21.1 Å². The van der Waals surface area contributed by atoms with Crippen molar-refractivity contribution in [2.75, 3.05) is 25.1 Å². The fourth-order valence-electron chi connectivity index (χ4n) is 3.97. The number of rotatable bonds is 4. The second-order valence-electron chi connectivity index (χ2n) is 7.29. The number of nitrogens with one attached hydrogen (secondary N) is 2. The van der Waals surface area contributed by atoms with E-state index in [-0.39, 0.29) is 12.1 Å². The van der Waals surface area contributed by atoms with E-state index >= 15 is 0 Å². The summed E-state index contributed by atoms with van der Waals surface area (Å²) in [6.45, 7) is 3.74. The number of hydrogen-bond acceptors (Lipinski definition) is 5. The monoisotopic (exact) mass is 424 g/mol. The molecule has 0 saturated carbocycles. The van der Waals surface area contributed by atoms with Crippen LogP contribution in [0.4, 0.5) is 5.69 Å². The molecule has 30 heavy (non-hydrogen) atoms. The summed E-state index contributed by atoms with van der Waals surface area (Å²) >= 11 is 6.18. The third kappa shape index (κ3) is 3.15. The van der Waals surface area contributed by atoms with Crippen LogP contribution in [-0.2, 0) is 0 Å².